The third-order valence-corrected chi connectivity index (χ3v) is 4.29. The highest BCUT2D eigenvalue weighted by molar-refractivity contribution is 6.30. The molecule has 1 fully saturated rings. The van der Waals surface area contributed by atoms with Gasteiger partial charge in [-0.15, -0.1) is 0 Å². The van der Waals surface area contributed by atoms with Gasteiger partial charge >= 0.3 is 0 Å². The minimum atomic E-state index is -0.666. The Morgan fingerprint density at radius 3 is 2.59 bits per heavy atom. The highest BCUT2D eigenvalue weighted by atomic mass is 35.5. The van der Waals surface area contributed by atoms with Gasteiger partial charge in [0.15, 0.2) is 0 Å². The number of hydrogen-bond acceptors (Lipinski definition) is 5. The minimum absolute atomic E-state index is 0.0360. The Bertz CT molecular complexity index is 730. The topological polar surface area (TPSA) is 101 Å². The third-order valence-electron chi connectivity index (χ3n) is 3.98. The van der Waals surface area contributed by atoms with Crippen LogP contribution in [0.1, 0.15) is 12.8 Å². The average molecular weight is 323 g/mol. The first-order chi connectivity index (χ1) is 10.4. The third kappa shape index (κ3) is 2.14. The number of fused-ring (bicyclic) bond motifs is 1. The summed E-state index contributed by atoms with van der Waals surface area (Å²) >= 11 is 5.93. The van der Waals surface area contributed by atoms with Crippen LogP contribution in [0.15, 0.2) is 29.3 Å². The Morgan fingerprint density at radius 2 is 1.95 bits per heavy atom. The molecule has 2 amide bonds. The zero-order valence-corrected chi connectivity index (χ0v) is 12.0. The summed E-state index contributed by atoms with van der Waals surface area (Å²) in [7, 11) is 0. The van der Waals surface area contributed by atoms with Gasteiger partial charge in [-0.3, -0.25) is 19.7 Å². The van der Waals surface area contributed by atoms with Crippen molar-refractivity contribution in [1.29, 1.82) is 0 Å². The van der Waals surface area contributed by atoms with Gasteiger partial charge in [-0.05, 0) is 18.9 Å². The quantitative estimate of drug-likeness (QED) is 0.511. The smallest absolute Gasteiger partial charge is 0.273 e. The molecule has 2 aliphatic rings. The van der Waals surface area contributed by atoms with Crippen molar-refractivity contribution in [2.24, 2.45) is 11.8 Å². The Hall–Kier alpha value is -2.41. The van der Waals surface area contributed by atoms with Gasteiger partial charge in [-0.25, -0.2) is 4.90 Å². The van der Waals surface area contributed by atoms with Crippen LogP contribution in [0.5, 0.6) is 5.75 Å². The van der Waals surface area contributed by atoms with Crippen molar-refractivity contribution in [2.45, 2.75) is 12.8 Å². The number of non-ortho nitro benzene ring substituents is 1. The van der Waals surface area contributed by atoms with Crippen molar-refractivity contribution in [2.75, 3.05) is 4.90 Å². The molecule has 1 aromatic carbocycles. The van der Waals surface area contributed by atoms with Crippen molar-refractivity contribution in [1.82, 2.24) is 0 Å². The molecule has 1 heterocycles. The van der Waals surface area contributed by atoms with Crippen LogP contribution in [0.3, 0.4) is 0 Å². The van der Waals surface area contributed by atoms with E-state index in [1.54, 1.807) is 6.08 Å². The molecular weight excluding hydrogens is 312 g/mol. The Kier molecular flexibility index (Phi) is 3.37. The van der Waals surface area contributed by atoms with Crippen LogP contribution in [0.2, 0.25) is 0 Å². The molecule has 1 N–H and O–H groups in total. The first kappa shape index (κ1) is 14.5. The van der Waals surface area contributed by atoms with E-state index in [2.05, 4.69) is 0 Å². The van der Waals surface area contributed by atoms with Gasteiger partial charge < -0.3 is 5.11 Å². The average Bonchev–Trinajstić information content (AvgIpc) is 2.71. The fraction of sp³-hybridized carbons (Fsp3) is 0.286. The van der Waals surface area contributed by atoms with Crippen LogP contribution in [0.25, 0.3) is 0 Å². The Balaban J connectivity index is 1.98. The number of allylic oxidation sites excluding steroid dienone is 2. The molecule has 1 aliphatic carbocycles. The molecule has 0 spiro atoms. The number of amides is 2. The molecule has 0 saturated carbocycles. The minimum Gasteiger partial charge on any atom is -0.505 e. The number of halogens is 1. The second-order valence-corrected chi connectivity index (χ2v) is 5.73. The summed E-state index contributed by atoms with van der Waals surface area (Å²) in [5, 5.41) is 21.2. The lowest BCUT2D eigenvalue weighted by molar-refractivity contribution is -0.384. The Labute approximate surface area is 129 Å². The van der Waals surface area contributed by atoms with E-state index in [0.29, 0.717) is 17.9 Å². The van der Waals surface area contributed by atoms with Gasteiger partial charge in [0.25, 0.3) is 5.69 Å². The second-order valence-electron chi connectivity index (χ2n) is 5.25. The zero-order valence-electron chi connectivity index (χ0n) is 11.2. The number of aromatic hydroxyl groups is 1. The van der Waals surface area contributed by atoms with Crippen molar-refractivity contribution in [3.63, 3.8) is 0 Å². The zero-order chi connectivity index (χ0) is 16.0. The van der Waals surface area contributed by atoms with Crippen molar-refractivity contribution < 1.29 is 19.6 Å². The second kappa shape index (κ2) is 5.10. The summed E-state index contributed by atoms with van der Waals surface area (Å²) in [6, 6.07) is 3.27. The lowest BCUT2D eigenvalue weighted by atomic mass is 9.85. The number of nitrogens with zero attached hydrogens (tertiary/aromatic N) is 2. The molecule has 1 aliphatic heterocycles. The SMILES string of the molecule is O=C1[C@H]2CC=C(Cl)C[C@H]2C(=O)N1c1ccc([N+](=O)[O-])cc1O. The molecule has 2 atom stereocenters. The number of rotatable bonds is 2. The van der Waals surface area contributed by atoms with E-state index in [-0.39, 0.29) is 11.4 Å². The molecule has 3 rings (SSSR count). The van der Waals surface area contributed by atoms with Crippen molar-refractivity contribution in [3.8, 4) is 5.75 Å². The maximum Gasteiger partial charge on any atom is 0.273 e. The molecule has 1 saturated heterocycles. The first-order valence-corrected chi connectivity index (χ1v) is 6.97. The predicted molar refractivity (Wildman–Crippen MR) is 77.4 cm³/mol. The standard InChI is InChI=1S/C14H11ClN2O5/c15-7-1-3-9-10(5-7)14(20)16(13(9)19)11-4-2-8(17(21)22)6-12(11)18/h1-2,4,6,9-10,18H,3,5H2/t9-,10+/m0/s1. The number of phenolic OH excluding ortho intramolecular Hbond substituents is 1. The number of imide groups is 1. The van der Waals surface area contributed by atoms with Crippen LogP contribution in [-0.4, -0.2) is 21.8 Å². The van der Waals surface area contributed by atoms with Gasteiger partial charge in [0.05, 0.1) is 28.5 Å². The summed E-state index contributed by atoms with van der Waals surface area (Å²) in [5.74, 6) is -2.37. The number of hydrogen-bond donors (Lipinski definition) is 1. The summed E-state index contributed by atoms with van der Waals surface area (Å²) in [4.78, 5) is 35.8. The molecular formula is C14H11ClN2O5. The van der Waals surface area contributed by atoms with Gasteiger partial charge in [0.2, 0.25) is 11.8 Å². The highest BCUT2D eigenvalue weighted by Gasteiger charge is 2.49. The van der Waals surface area contributed by atoms with Crippen LogP contribution < -0.4 is 4.90 Å². The van der Waals surface area contributed by atoms with Crippen molar-refractivity contribution >= 4 is 34.8 Å². The number of carbonyl (C=O) groups is 2. The maximum atomic E-state index is 12.4. The van der Waals surface area contributed by atoms with Gasteiger partial charge in [0, 0.05) is 11.1 Å². The van der Waals surface area contributed by atoms with E-state index in [1.807, 2.05) is 0 Å². The molecule has 0 radical (unpaired) electrons. The fourth-order valence-electron chi connectivity index (χ4n) is 2.88. The van der Waals surface area contributed by atoms with Gasteiger partial charge in [0.1, 0.15) is 5.75 Å². The van der Waals surface area contributed by atoms with Crippen LogP contribution in [-0.2, 0) is 9.59 Å². The normalized spacial score (nSPS) is 24.2. The number of anilines is 1. The molecule has 1 aromatic rings. The molecule has 0 unspecified atom stereocenters. The molecule has 0 aromatic heterocycles. The lowest BCUT2D eigenvalue weighted by Gasteiger charge is -2.17. The monoisotopic (exact) mass is 322 g/mol. The van der Waals surface area contributed by atoms with E-state index in [9.17, 15) is 24.8 Å². The number of nitro benzene ring substituents is 1. The predicted octanol–water partition coefficient (Wildman–Crippen LogP) is 2.32. The summed E-state index contributed by atoms with van der Waals surface area (Å²) in [5.41, 5.74) is -0.353. The lowest BCUT2D eigenvalue weighted by Crippen LogP contribution is -2.30. The van der Waals surface area contributed by atoms with E-state index in [4.69, 9.17) is 11.6 Å². The summed E-state index contributed by atoms with van der Waals surface area (Å²) < 4.78 is 0. The van der Waals surface area contributed by atoms with Gasteiger partial charge in [-0.2, -0.15) is 0 Å². The molecule has 7 nitrogen and oxygen atoms in total. The molecule has 22 heavy (non-hydrogen) atoms. The number of nitro groups is 1. The Morgan fingerprint density at radius 1 is 1.27 bits per heavy atom. The van der Waals surface area contributed by atoms with Gasteiger partial charge in [-0.1, -0.05) is 17.7 Å². The van der Waals surface area contributed by atoms with Crippen LogP contribution in [0.4, 0.5) is 11.4 Å². The molecule has 8 heteroatoms. The van der Waals surface area contributed by atoms with E-state index >= 15 is 0 Å². The number of carbonyl (C=O) groups excluding carboxylic acids is 2. The highest BCUT2D eigenvalue weighted by Crippen LogP contribution is 2.43. The summed E-state index contributed by atoms with van der Waals surface area (Å²) in [6.45, 7) is 0. The van der Waals surface area contributed by atoms with Crippen LogP contribution >= 0.6 is 11.6 Å². The molecule has 114 valence electrons. The summed E-state index contributed by atoms with van der Waals surface area (Å²) in [6.07, 6.45) is 2.38. The van der Waals surface area contributed by atoms with Crippen LogP contribution in [0, 0.1) is 22.0 Å². The molecule has 0 bridgehead atoms. The van der Waals surface area contributed by atoms with Crippen molar-refractivity contribution in [3.05, 3.63) is 39.4 Å². The first-order valence-electron chi connectivity index (χ1n) is 6.60. The number of benzene rings is 1. The van der Waals surface area contributed by atoms with E-state index in [1.165, 1.54) is 6.07 Å². The van der Waals surface area contributed by atoms with E-state index in [0.717, 1.165) is 17.0 Å². The fourth-order valence-corrected chi connectivity index (χ4v) is 3.13. The largest absolute Gasteiger partial charge is 0.505 e. The maximum absolute atomic E-state index is 12.4. The number of phenols is 1. The van der Waals surface area contributed by atoms with E-state index < -0.39 is 34.3 Å².